The number of benzene rings is 1. The minimum absolute atomic E-state index is 0.339. The van der Waals surface area contributed by atoms with Crippen LogP contribution in [0.15, 0.2) is 36.4 Å². The third-order valence-corrected chi connectivity index (χ3v) is 3.83. The number of rotatable bonds is 6. The van der Waals surface area contributed by atoms with E-state index in [0.29, 0.717) is 28.0 Å². The summed E-state index contributed by atoms with van der Waals surface area (Å²) in [6.45, 7) is 0.339. The van der Waals surface area contributed by atoms with E-state index in [2.05, 4.69) is 0 Å². The highest BCUT2D eigenvalue weighted by Gasteiger charge is 2.10. The van der Waals surface area contributed by atoms with Gasteiger partial charge in [-0.3, -0.25) is 0 Å². The highest BCUT2D eigenvalue weighted by atomic mass is 35.5. The minimum Gasteiger partial charge on any atom is -0.493 e. The maximum absolute atomic E-state index is 10.6. The average Bonchev–Trinajstić information content (AvgIpc) is 2.88. The van der Waals surface area contributed by atoms with Crippen LogP contribution in [0, 0.1) is 0 Å². The first-order valence-corrected chi connectivity index (χ1v) is 7.24. The van der Waals surface area contributed by atoms with Gasteiger partial charge in [0.1, 0.15) is 6.61 Å². The molecule has 0 amide bonds. The largest absolute Gasteiger partial charge is 0.493 e. The van der Waals surface area contributed by atoms with E-state index in [9.17, 15) is 4.79 Å². The van der Waals surface area contributed by atoms with Crippen molar-refractivity contribution in [3.8, 4) is 11.5 Å². The topological polar surface area (TPSA) is 55.8 Å². The zero-order chi connectivity index (χ0) is 15.2. The van der Waals surface area contributed by atoms with Gasteiger partial charge in [0.25, 0.3) is 0 Å². The van der Waals surface area contributed by atoms with Gasteiger partial charge in [-0.1, -0.05) is 23.7 Å². The van der Waals surface area contributed by atoms with E-state index in [-0.39, 0.29) is 0 Å². The summed E-state index contributed by atoms with van der Waals surface area (Å²) in [6, 6.07) is 8.98. The van der Waals surface area contributed by atoms with Gasteiger partial charge in [-0.25, -0.2) is 4.79 Å². The number of ether oxygens (including phenoxy) is 2. The number of para-hydroxylation sites is 1. The quantitative estimate of drug-likeness (QED) is 0.813. The Balaban J connectivity index is 2.24. The van der Waals surface area contributed by atoms with E-state index in [1.54, 1.807) is 24.3 Å². The van der Waals surface area contributed by atoms with Crippen molar-refractivity contribution in [1.29, 1.82) is 0 Å². The molecule has 0 radical (unpaired) electrons. The Labute approximate surface area is 131 Å². The number of aliphatic carboxylic acids is 1. The van der Waals surface area contributed by atoms with E-state index in [1.165, 1.54) is 24.5 Å². The van der Waals surface area contributed by atoms with Crippen molar-refractivity contribution < 1.29 is 19.4 Å². The normalized spacial score (nSPS) is 10.8. The van der Waals surface area contributed by atoms with Gasteiger partial charge in [0, 0.05) is 16.5 Å². The molecule has 4 nitrogen and oxygen atoms in total. The number of methoxy groups -OCH3 is 1. The number of thiophene rings is 1. The molecule has 0 spiro atoms. The number of carbonyl (C=O) groups is 1. The second-order valence-electron chi connectivity index (χ2n) is 4.04. The molecule has 0 atom stereocenters. The van der Waals surface area contributed by atoms with E-state index in [0.717, 1.165) is 11.0 Å². The van der Waals surface area contributed by atoms with Crippen molar-refractivity contribution in [2.45, 2.75) is 6.61 Å². The summed E-state index contributed by atoms with van der Waals surface area (Å²) in [5.41, 5.74) is 0.638. The Morgan fingerprint density at radius 1 is 1.38 bits per heavy atom. The molecule has 1 aromatic carbocycles. The Hall–Kier alpha value is -1.98. The first kappa shape index (κ1) is 15.4. The Morgan fingerprint density at radius 2 is 2.19 bits per heavy atom. The van der Waals surface area contributed by atoms with Crippen molar-refractivity contribution in [3.63, 3.8) is 0 Å². The van der Waals surface area contributed by atoms with Gasteiger partial charge < -0.3 is 14.6 Å². The highest BCUT2D eigenvalue weighted by Crippen LogP contribution is 2.33. The summed E-state index contributed by atoms with van der Waals surface area (Å²) >= 11 is 7.31. The molecule has 21 heavy (non-hydrogen) atoms. The first-order valence-electron chi connectivity index (χ1n) is 6.05. The molecule has 0 fully saturated rings. The van der Waals surface area contributed by atoms with Crippen LogP contribution < -0.4 is 9.47 Å². The Bertz CT molecular complexity index is 663. The van der Waals surface area contributed by atoms with Gasteiger partial charge in [-0.05, 0) is 24.3 Å². The van der Waals surface area contributed by atoms with Crippen LogP contribution in [0.25, 0.3) is 6.08 Å². The molecular weight excluding hydrogens is 312 g/mol. The molecule has 1 N–H and O–H groups in total. The fourth-order valence-electron chi connectivity index (χ4n) is 1.71. The van der Waals surface area contributed by atoms with Crippen LogP contribution in [0.3, 0.4) is 0 Å². The lowest BCUT2D eigenvalue weighted by Gasteiger charge is -2.12. The molecule has 0 unspecified atom stereocenters. The van der Waals surface area contributed by atoms with Gasteiger partial charge in [0.05, 0.1) is 11.4 Å². The van der Waals surface area contributed by atoms with Gasteiger partial charge in [-0.2, -0.15) is 0 Å². The second kappa shape index (κ2) is 7.15. The smallest absolute Gasteiger partial charge is 0.328 e. The van der Waals surface area contributed by atoms with Crippen LogP contribution in [0.4, 0.5) is 0 Å². The lowest BCUT2D eigenvalue weighted by molar-refractivity contribution is -0.131. The summed E-state index contributed by atoms with van der Waals surface area (Å²) in [7, 11) is 1.54. The van der Waals surface area contributed by atoms with Crippen LogP contribution in [0.2, 0.25) is 4.34 Å². The zero-order valence-corrected chi connectivity index (χ0v) is 12.8. The van der Waals surface area contributed by atoms with Crippen LogP contribution in [0.5, 0.6) is 11.5 Å². The van der Waals surface area contributed by atoms with E-state index < -0.39 is 5.97 Å². The van der Waals surface area contributed by atoms with Crippen molar-refractivity contribution in [1.82, 2.24) is 0 Å². The molecule has 0 aliphatic heterocycles. The first-order chi connectivity index (χ1) is 10.1. The summed E-state index contributed by atoms with van der Waals surface area (Å²) in [6.07, 6.45) is 2.53. The van der Waals surface area contributed by atoms with Gasteiger partial charge >= 0.3 is 5.97 Å². The monoisotopic (exact) mass is 324 g/mol. The molecule has 1 heterocycles. The molecule has 2 aromatic rings. The molecule has 0 bridgehead atoms. The fraction of sp³-hybridized carbons (Fsp3) is 0.133. The summed E-state index contributed by atoms with van der Waals surface area (Å²) < 4.78 is 11.7. The van der Waals surface area contributed by atoms with Crippen molar-refractivity contribution in [2.24, 2.45) is 0 Å². The lowest BCUT2D eigenvalue weighted by atomic mass is 10.1. The van der Waals surface area contributed by atoms with Crippen LogP contribution >= 0.6 is 22.9 Å². The van der Waals surface area contributed by atoms with Crippen LogP contribution in [-0.4, -0.2) is 18.2 Å². The predicted molar refractivity (Wildman–Crippen MR) is 83.3 cm³/mol. The highest BCUT2D eigenvalue weighted by molar-refractivity contribution is 7.16. The Kier molecular flexibility index (Phi) is 5.25. The Morgan fingerprint density at radius 3 is 2.81 bits per heavy atom. The number of carboxylic acid groups (broad SMARTS) is 1. The lowest BCUT2D eigenvalue weighted by Crippen LogP contribution is -1.98. The molecule has 1 aromatic heterocycles. The van der Waals surface area contributed by atoms with Crippen molar-refractivity contribution in [3.05, 3.63) is 51.2 Å². The fourth-order valence-corrected chi connectivity index (χ4v) is 2.71. The maximum Gasteiger partial charge on any atom is 0.328 e. The molecule has 110 valence electrons. The standard InChI is InChI=1S/C15H13ClO4S/c1-19-12-4-2-3-10(5-8-14(17)18)15(12)20-9-11-6-7-13(16)21-11/h2-8H,9H2,1H3,(H,17,18)/b8-5+. The molecule has 2 rings (SSSR count). The molecule has 6 heteroatoms. The predicted octanol–water partition coefficient (Wildman–Crippen LogP) is 4.09. The SMILES string of the molecule is COc1cccc(/C=C/C(=O)O)c1OCc1ccc(Cl)s1. The van der Waals surface area contributed by atoms with E-state index in [1.807, 2.05) is 6.07 Å². The number of hydrogen-bond acceptors (Lipinski definition) is 4. The van der Waals surface area contributed by atoms with Crippen molar-refractivity contribution in [2.75, 3.05) is 7.11 Å². The molecule has 0 aliphatic rings. The summed E-state index contributed by atoms with van der Waals surface area (Å²) in [5, 5.41) is 8.73. The molecule has 0 aliphatic carbocycles. The van der Waals surface area contributed by atoms with E-state index >= 15 is 0 Å². The van der Waals surface area contributed by atoms with Crippen LogP contribution in [0.1, 0.15) is 10.4 Å². The molecule has 0 saturated heterocycles. The van der Waals surface area contributed by atoms with Gasteiger partial charge in [-0.15, -0.1) is 11.3 Å². The van der Waals surface area contributed by atoms with Gasteiger partial charge in [0.15, 0.2) is 11.5 Å². The third kappa shape index (κ3) is 4.24. The number of hydrogen-bond donors (Lipinski definition) is 1. The van der Waals surface area contributed by atoms with Crippen LogP contribution in [-0.2, 0) is 11.4 Å². The molecular formula is C15H13ClO4S. The average molecular weight is 325 g/mol. The number of halogens is 1. The second-order valence-corrected chi connectivity index (χ2v) is 5.84. The zero-order valence-electron chi connectivity index (χ0n) is 11.2. The summed E-state index contributed by atoms with van der Waals surface area (Å²) in [4.78, 5) is 11.6. The maximum atomic E-state index is 10.6. The van der Waals surface area contributed by atoms with Gasteiger partial charge in [0.2, 0.25) is 0 Å². The number of carboxylic acids is 1. The van der Waals surface area contributed by atoms with Crippen molar-refractivity contribution >= 4 is 35.0 Å². The van der Waals surface area contributed by atoms with E-state index in [4.69, 9.17) is 26.2 Å². The summed E-state index contributed by atoms with van der Waals surface area (Å²) in [5.74, 6) is 0.0287. The molecule has 0 saturated carbocycles. The minimum atomic E-state index is -1.02. The third-order valence-electron chi connectivity index (χ3n) is 2.62.